The lowest BCUT2D eigenvalue weighted by Crippen LogP contribution is -2.40. The molecule has 1 aliphatic heterocycles. The fourth-order valence-corrected chi connectivity index (χ4v) is 4.53. The molecule has 0 aromatic heterocycles. The van der Waals surface area contributed by atoms with Crippen molar-refractivity contribution < 1.29 is 17.9 Å². The Morgan fingerprint density at radius 3 is 2.62 bits per heavy atom. The maximum atomic E-state index is 12.2. The Bertz CT molecular complexity index is 841. The first-order valence-corrected chi connectivity index (χ1v) is 11.7. The van der Waals surface area contributed by atoms with Crippen LogP contribution in [0.25, 0.3) is 0 Å². The highest BCUT2D eigenvalue weighted by atomic mass is 32.2. The number of nitrogens with one attached hydrogen (secondary N) is 1. The Hall–Kier alpha value is -1.93. The Balaban J connectivity index is 1.36. The van der Waals surface area contributed by atoms with Gasteiger partial charge < -0.3 is 9.47 Å². The summed E-state index contributed by atoms with van der Waals surface area (Å²) < 4.78 is 38.2. The zero-order valence-electron chi connectivity index (χ0n) is 16.9. The van der Waals surface area contributed by atoms with Crippen molar-refractivity contribution in [2.45, 2.75) is 18.9 Å². The number of rotatable bonds is 10. The van der Waals surface area contributed by atoms with Crippen LogP contribution in [0.3, 0.4) is 0 Å². The lowest BCUT2D eigenvalue weighted by atomic mass is 10.1. The van der Waals surface area contributed by atoms with Crippen LogP contribution in [0.1, 0.15) is 23.7 Å². The van der Waals surface area contributed by atoms with Gasteiger partial charge in [-0.3, -0.25) is 4.90 Å². The molecule has 0 spiro atoms. The van der Waals surface area contributed by atoms with Gasteiger partial charge in [0.15, 0.2) is 0 Å². The second-order valence-electron chi connectivity index (χ2n) is 7.24. The first kappa shape index (κ1) is 21.8. The smallest absolute Gasteiger partial charge is 0.211 e. The average molecular weight is 419 g/mol. The number of ether oxygens (including phenoxy) is 2. The van der Waals surface area contributed by atoms with Crippen molar-refractivity contribution >= 4 is 10.0 Å². The molecular formula is C22H30N2O4S. The molecule has 158 valence electrons. The van der Waals surface area contributed by atoms with E-state index >= 15 is 0 Å². The highest BCUT2D eigenvalue weighted by Gasteiger charge is 2.21. The molecule has 1 heterocycles. The summed E-state index contributed by atoms with van der Waals surface area (Å²) in [5.74, 6) is 0.861. The maximum absolute atomic E-state index is 12.2. The van der Waals surface area contributed by atoms with Crippen LogP contribution in [-0.2, 0) is 21.2 Å². The zero-order chi connectivity index (χ0) is 20.5. The van der Waals surface area contributed by atoms with Crippen LogP contribution < -0.4 is 9.46 Å². The summed E-state index contributed by atoms with van der Waals surface area (Å²) in [6, 6.07) is 17.7. The monoisotopic (exact) mass is 418 g/mol. The molecular weight excluding hydrogens is 388 g/mol. The number of hydrogen-bond acceptors (Lipinski definition) is 5. The minimum atomic E-state index is -3.28. The zero-order valence-corrected chi connectivity index (χ0v) is 17.7. The van der Waals surface area contributed by atoms with Crippen LogP contribution in [0.5, 0.6) is 5.75 Å². The Morgan fingerprint density at radius 1 is 1.14 bits per heavy atom. The molecule has 2 aromatic rings. The summed E-state index contributed by atoms with van der Waals surface area (Å²) in [5, 5.41) is 0. The maximum Gasteiger partial charge on any atom is 0.211 e. The van der Waals surface area contributed by atoms with E-state index in [1.54, 1.807) is 7.11 Å². The quantitative estimate of drug-likeness (QED) is 0.601. The van der Waals surface area contributed by atoms with Crippen molar-refractivity contribution in [3.8, 4) is 5.75 Å². The minimum Gasteiger partial charge on any atom is -0.497 e. The summed E-state index contributed by atoms with van der Waals surface area (Å²) in [5.41, 5.74) is 2.17. The summed E-state index contributed by atoms with van der Waals surface area (Å²) in [7, 11) is -1.66. The number of benzene rings is 2. The summed E-state index contributed by atoms with van der Waals surface area (Å²) >= 11 is 0. The molecule has 6 nitrogen and oxygen atoms in total. The largest absolute Gasteiger partial charge is 0.497 e. The van der Waals surface area contributed by atoms with E-state index in [0.717, 1.165) is 37.4 Å². The number of hydrogen-bond donors (Lipinski definition) is 1. The molecule has 2 aromatic carbocycles. The van der Waals surface area contributed by atoms with Gasteiger partial charge in [-0.1, -0.05) is 42.5 Å². The van der Waals surface area contributed by atoms with E-state index in [-0.39, 0.29) is 11.9 Å². The molecule has 0 amide bonds. The predicted molar refractivity (Wildman–Crippen MR) is 115 cm³/mol. The van der Waals surface area contributed by atoms with E-state index in [0.29, 0.717) is 19.6 Å². The molecule has 0 unspecified atom stereocenters. The Kier molecular flexibility index (Phi) is 8.06. The predicted octanol–water partition coefficient (Wildman–Crippen LogP) is 2.62. The van der Waals surface area contributed by atoms with Gasteiger partial charge in [0, 0.05) is 19.6 Å². The molecule has 1 saturated heterocycles. The third kappa shape index (κ3) is 7.12. The third-order valence-corrected chi connectivity index (χ3v) is 6.50. The first-order valence-electron chi connectivity index (χ1n) is 10.0. The van der Waals surface area contributed by atoms with Gasteiger partial charge in [0.05, 0.1) is 25.6 Å². The van der Waals surface area contributed by atoms with E-state index in [2.05, 4.69) is 21.8 Å². The number of aryl methyl sites for hydroxylation is 1. The van der Waals surface area contributed by atoms with Gasteiger partial charge >= 0.3 is 0 Å². The standard InChI is InChI=1S/C22H30N2O4S/c1-27-21-10-8-19(9-11-21)12-17-29(25,26)23-13-5-14-24-15-16-28-22(18-24)20-6-3-2-4-7-20/h2-4,6-11,22-23H,5,12-18H2,1H3/t22-/m1/s1. The molecule has 1 atom stereocenters. The summed E-state index contributed by atoms with van der Waals surface area (Å²) in [6.45, 7) is 3.74. The van der Waals surface area contributed by atoms with Gasteiger partial charge in [0.2, 0.25) is 10.0 Å². The first-order chi connectivity index (χ1) is 14.1. The van der Waals surface area contributed by atoms with Gasteiger partial charge in [-0.15, -0.1) is 0 Å². The fourth-order valence-electron chi connectivity index (χ4n) is 3.42. The molecule has 0 aliphatic carbocycles. The minimum absolute atomic E-state index is 0.0890. The summed E-state index contributed by atoms with van der Waals surface area (Å²) in [6.07, 6.45) is 1.36. The van der Waals surface area contributed by atoms with Gasteiger partial charge in [0.25, 0.3) is 0 Å². The van der Waals surface area contributed by atoms with Crippen LogP contribution in [0.15, 0.2) is 54.6 Å². The van der Waals surface area contributed by atoms with E-state index in [4.69, 9.17) is 9.47 Å². The highest BCUT2D eigenvalue weighted by Crippen LogP contribution is 2.21. The van der Waals surface area contributed by atoms with Crippen molar-refractivity contribution in [1.29, 1.82) is 0 Å². The van der Waals surface area contributed by atoms with Gasteiger partial charge in [-0.2, -0.15) is 0 Å². The number of sulfonamides is 1. The van der Waals surface area contributed by atoms with Gasteiger partial charge in [-0.05, 0) is 42.6 Å². The van der Waals surface area contributed by atoms with Crippen LogP contribution >= 0.6 is 0 Å². The SMILES string of the molecule is COc1ccc(CCS(=O)(=O)NCCCN2CCO[C@@H](c3ccccc3)C2)cc1. The fraction of sp³-hybridized carbons (Fsp3) is 0.455. The lowest BCUT2D eigenvalue weighted by Gasteiger charge is -2.33. The molecule has 1 fully saturated rings. The molecule has 0 saturated carbocycles. The van der Waals surface area contributed by atoms with Crippen molar-refractivity contribution in [2.75, 3.05) is 45.6 Å². The van der Waals surface area contributed by atoms with E-state index in [1.165, 1.54) is 5.56 Å². The number of nitrogens with zero attached hydrogens (tertiary/aromatic N) is 1. The average Bonchev–Trinajstić information content (AvgIpc) is 2.77. The third-order valence-electron chi connectivity index (χ3n) is 5.11. The molecule has 0 bridgehead atoms. The van der Waals surface area contributed by atoms with E-state index in [1.807, 2.05) is 42.5 Å². The molecule has 1 aliphatic rings. The topological polar surface area (TPSA) is 67.9 Å². The van der Waals surface area contributed by atoms with Crippen molar-refractivity contribution in [3.63, 3.8) is 0 Å². The number of methoxy groups -OCH3 is 1. The van der Waals surface area contributed by atoms with Gasteiger partial charge in [0.1, 0.15) is 5.75 Å². The molecule has 29 heavy (non-hydrogen) atoms. The van der Waals surface area contributed by atoms with Crippen LogP contribution in [0.4, 0.5) is 0 Å². The van der Waals surface area contributed by atoms with Crippen molar-refractivity contribution in [2.24, 2.45) is 0 Å². The normalized spacial score (nSPS) is 17.9. The van der Waals surface area contributed by atoms with E-state index in [9.17, 15) is 8.42 Å². The van der Waals surface area contributed by atoms with Crippen molar-refractivity contribution in [1.82, 2.24) is 9.62 Å². The van der Waals surface area contributed by atoms with Crippen LogP contribution in [0.2, 0.25) is 0 Å². The highest BCUT2D eigenvalue weighted by molar-refractivity contribution is 7.89. The number of morpholine rings is 1. The molecule has 3 rings (SSSR count). The second kappa shape index (κ2) is 10.7. The molecule has 0 radical (unpaired) electrons. The van der Waals surface area contributed by atoms with Crippen LogP contribution in [-0.4, -0.2) is 59.0 Å². The van der Waals surface area contributed by atoms with Crippen LogP contribution in [0, 0.1) is 0 Å². The Labute approximate surface area is 173 Å². The van der Waals surface area contributed by atoms with Crippen molar-refractivity contribution in [3.05, 3.63) is 65.7 Å². The molecule has 7 heteroatoms. The summed E-state index contributed by atoms with van der Waals surface area (Å²) in [4.78, 5) is 2.34. The van der Waals surface area contributed by atoms with E-state index < -0.39 is 10.0 Å². The molecule has 1 N–H and O–H groups in total. The Morgan fingerprint density at radius 2 is 1.90 bits per heavy atom. The lowest BCUT2D eigenvalue weighted by molar-refractivity contribution is -0.0300. The van der Waals surface area contributed by atoms with Gasteiger partial charge in [-0.25, -0.2) is 13.1 Å². The second-order valence-corrected chi connectivity index (χ2v) is 9.16.